The van der Waals surface area contributed by atoms with E-state index in [1.54, 1.807) is 20.8 Å². The highest BCUT2D eigenvalue weighted by atomic mass is 17.3. The van der Waals surface area contributed by atoms with Crippen LogP contribution >= 0.6 is 0 Å². The molecular formula is C56H79NO22. The highest BCUT2D eigenvalue weighted by molar-refractivity contribution is 6.12. The molecule has 15 aliphatic rings. The van der Waals surface area contributed by atoms with Gasteiger partial charge in [0.15, 0.2) is 42.3 Å². The van der Waals surface area contributed by atoms with Crippen LogP contribution in [0.2, 0.25) is 0 Å². The maximum absolute atomic E-state index is 14.2. The first-order valence-corrected chi connectivity index (χ1v) is 29.2. The minimum Gasteiger partial charge on any atom is -0.435 e. The number of nitrogens with zero attached hydrogens (tertiary/aromatic N) is 1. The fourth-order valence-corrected chi connectivity index (χ4v) is 16.8. The summed E-state index contributed by atoms with van der Waals surface area (Å²) in [5.41, 5.74) is -2.75. The van der Waals surface area contributed by atoms with Gasteiger partial charge in [-0.25, -0.2) is 39.0 Å². The van der Waals surface area contributed by atoms with Crippen molar-refractivity contribution >= 4 is 35.8 Å². The summed E-state index contributed by atoms with van der Waals surface area (Å²) in [5, 5.41) is 0. The molecule has 12 heterocycles. The SMILES string of the molecule is C[C@H]1[C@H](OC(=O)CCC(=O)N(C(=O)CCC(=O)O[C@@H]2O[C@@H]3O[C@]4(C)CC[C@H]5[C@H](C)CC[C@@H]([C@H]2C)[C@@]35OO4)C(=O)COC(=O)O[C@@H]2O[C@@H]3O[C@]4(C)CC[C@H]5[C@H](C)CC[C@@H]([C@H]2C)[C@@]35OO4)O[C@@H]2O[C@@]3(C)CC[C@H]4[C@H](C)CC[C@@H]1[C@@]24OO3. The van der Waals surface area contributed by atoms with E-state index in [9.17, 15) is 28.8 Å². The van der Waals surface area contributed by atoms with E-state index < -0.39 is 146 Å². The van der Waals surface area contributed by atoms with Crippen LogP contribution in [0.3, 0.4) is 0 Å². The fourth-order valence-electron chi connectivity index (χ4n) is 16.8. The first-order valence-electron chi connectivity index (χ1n) is 29.2. The van der Waals surface area contributed by atoms with Gasteiger partial charge in [-0.1, -0.05) is 41.5 Å². The van der Waals surface area contributed by atoms with Gasteiger partial charge >= 0.3 is 18.1 Å². The van der Waals surface area contributed by atoms with Gasteiger partial charge < -0.3 is 47.4 Å². The van der Waals surface area contributed by atoms with Gasteiger partial charge in [-0.05, 0) is 114 Å². The van der Waals surface area contributed by atoms with Crippen molar-refractivity contribution < 1.29 is 105 Å². The number of esters is 2. The van der Waals surface area contributed by atoms with Gasteiger partial charge in [-0.2, -0.15) is 0 Å². The zero-order valence-electron chi connectivity index (χ0n) is 46.8. The lowest BCUT2D eigenvalue weighted by atomic mass is 9.58. The number of carbonyl (C=O) groups is 6. The Balaban J connectivity index is 0.708. The van der Waals surface area contributed by atoms with Gasteiger partial charge in [0.1, 0.15) is 0 Å². The Morgan fingerprint density at radius 1 is 0.418 bits per heavy atom. The summed E-state index contributed by atoms with van der Waals surface area (Å²) in [6.45, 7) is 16.5. The fraction of sp³-hybridized carbons (Fsp3) is 0.893. The summed E-state index contributed by atoms with van der Waals surface area (Å²) >= 11 is 0. The van der Waals surface area contributed by atoms with Crippen molar-refractivity contribution in [1.29, 1.82) is 0 Å². The molecule has 3 saturated carbocycles. The zero-order valence-corrected chi connectivity index (χ0v) is 46.8. The van der Waals surface area contributed by atoms with Crippen molar-refractivity contribution in [1.82, 2.24) is 4.90 Å². The first-order chi connectivity index (χ1) is 37.5. The number of imide groups is 3. The maximum atomic E-state index is 14.2. The third-order valence-corrected chi connectivity index (χ3v) is 21.1. The predicted molar refractivity (Wildman–Crippen MR) is 260 cm³/mol. The van der Waals surface area contributed by atoms with Crippen molar-refractivity contribution in [3.8, 4) is 0 Å². The molecule has 23 heteroatoms. The van der Waals surface area contributed by atoms with Gasteiger partial charge in [0, 0.05) is 67.6 Å². The number of rotatable bonds is 11. The largest absolute Gasteiger partial charge is 0.511 e. The van der Waals surface area contributed by atoms with Crippen LogP contribution in [0, 0.1) is 71.0 Å². The molecule has 3 aliphatic carbocycles. The van der Waals surface area contributed by atoms with E-state index in [2.05, 4.69) is 20.8 Å². The molecular weight excluding hydrogens is 1040 g/mol. The van der Waals surface area contributed by atoms with Gasteiger partial charge in [0.25, 0.3) is 5.91 Å². The van der Waals surface area contributed by atoms with E-state index >= 15 is 0 Å². The second-order valence-electron chi connectivity index (χ2n) is 26.0. The highest BCUT2D eigenvalue weighted by Gasteiger charge is 2.73. The van der Waals surface area contributed by atoms with Crippen molar-refractivity contribution in [2.45, 2.75) is 237 Å². The maximum Gasteiger partial charge on any atom is 0.511 e. The molecule has 440 valence electrons. The number of amides is 3. The molecule has 23 nitrogen and oxygen atoms in total. The van der Waals surface area contributed by atoms with Crippen LogP contribution in [0.4, 0.5) is 4.79 Å². The lowest BCUT2D eigenvalue weighted by molar-refractivity contribution is -0.576. The summed E-state index contributed by atoms with van der Waals surface area (Å²) in [4.78, 5) is 120. The molecule has 0 radical (unpaired) electrons. The van der Waals surface area contributed by atoms with Gasteiger partial charge in [0.05, 0.1) is 12.8 Å². The van der Waals surface area contributed by atoms with E-state index in [4.69, 9.17) is 76.7 Å². The summed E-state index contributed by atoms with van der Waals surface area (Å²) in [6.07, 6.45) is -0.788. The van der Waals surface area contributed by atoms with E-state index in [1.165, 1.54) is 0 Å². The average molecular weight is 1120 g/mol. The quantitative estimate of drug-likeness (QED) is 0.112. The summed E-state index contributed by atoms with van der Waals surface area (Å²) in [6, 6.07) is 0. The Morgan fingerprint density at radius 3 is 1.11 bits per heavy atom. The number of fused-ring (bicyclic) bond motifs is 6. The zero-order chi connectivity index (χ0) is 55.8. The molecule has 0 aromatic rings. The molecule has 0 N–H and O–H groups in total. The molecule has 12 aliphatic heterocycles. The van der Waals surface area contributed by atoms with E-state index in [1.807, 2.05) is 20.8 Å². The molecule has 15 fully saturated rings. The minimum atomic E-state index is -1.31. The summed E-state index contributed by atoms with van der Waals surface area (Å²) < 4.78 is 61.1. The number of carbonyl (C=O) groups excluding carboxylic acids is 6. The van der Waals surface area contributed by atoms with Crippen molar-refractivity contribution in [2.75, 3.05) is 6.61 Å². The standard InChI is InChI=1S/C56H79NO22/c1-27-10-13-36-30(4)44(67-47-54(36)33(27)20-23-51(7,71-47)74-77-54)65-42(61)18-16-39(58)57(40(59)17-19-43(62)66-45-31(5)37-14-11-28(2)34-21-24-52(8)72-48(68-45)55(34,37)78-75-52)41(60)26-64-50(63)70-46-32(6)38-15-12-29(3)35-22-25-53(9)73-49(69-46)56(35,38)79-76-53/h27-38,44-49H,10-26H2,1-9H3/t27-,28-,29-,30-,31-,32-,33+,34+,35+,36+,37+,38+,44-,45-,46+,47-,48-,49-,51-,52+,53+,54-,55-,56-/m1/s1. The van der Waals surface area contributed by atoms with Crippen LogP contribution in [0.5, 0.6) is 0 Å². The molecule has 15 rings (SSSR count). The van der Waals surface area contributed by atoms with Crippen molar-refractivity contribution in [3.05, 3.63) is 0 Å². The van der Waals surface area contributed by atoms with Crippen molar-refractivity contribution in [3.63, 3.8) is 0 Å². The second-order valence-corrected chi connectivity index (χ2v) is 26.0. The average Bonchev–Trinajstić information content (AvgIpc) is 2.74. The van der Waals surface area contributed by atoms with Crippen LogP contribution in [-0.4, -0.2) is 119 Å². The molecule has 3 amide bonds. The Morgan fingerprint density at radius 2 is 0.759 bits per heavy atom. The third-order valence-electron chi connectivity index (χ3n) is 21.1. The Kier molecular flexibility index (Phi) is 14.5. The minimum absolute atomic E-state index is 0.0551. The van der Waals surface area contributed by atoms with Crippen molar-refractivity contribution in [2.24, 2.45) is 71.0 Å². The molecule has 0 aromatic carbocycles. The third kappa shape index (κ3) is 9.19. The van der Waals surface area contributed by atoms with Gasteiger partial charge in [-0.15, -0.1) is 0 Å². The number of hydrogen-bond donors (Lipinski definition) is 0. The molecule has 0 aromatic heterocycles. The smallest absolute Gasteiger partial charge is 0.435 e. The monoisotopic (exact) mass is 1120 g/mol. The Bertz CT molecular complexity index is 2170. The van der Waals surface area contributed by atoms with Crippen LogP contribution in [-0.2, 0) is 101 Å². The first kappa shape index (κ1) is 56.0. The topological polar surface area (TPSA) is 253 Å². The van der Waals surface area contributed by atoms with Crippen LogP contribution in [0.1, 0.15) is 165 Å². The Labute approximate surface area is 459 Å². The lowest BCUT2D eigenvalue weighted by Gasteiger charge is -2.59. The number of hydrogen-bond acceptors (Lipinski definition) is 22. The Hall–Kier alpha value is -3.46. The lowest BCUT2D eigenvalue weighted by Crippen LogP contribution is -2.70. The van der Waals surface area contributed by atoms with Crippen LogP contribution < -0.4 is 0 Å². The summed E-state index contributed by atoms with van der Waals surface area (Å²) in [5.74, 6) is -8.92. The highest BCUT2D eigenvalue weighted by Crippen LogP contribution is 2.64. The van der Waals surface area contributed by atoms with Crippen LogP contribution in [0.15, 0.2) is 0 Å². The summed E-state index contributed by atoms with van der Waals surface area (Å²) in [7, 11) is 0. The predicted octanol–water partition coefficient (Wildman–Crippen LogP) is 7.29. The van der Waals surface area contributed by atoms with Crippen LogP contribution in [0.25, 0.3) is 0 Å². The van der Waals surface area contributed by atoms with E-state index in [0.29, 0.717) is 37.0 Å². The normalized spacial score (nSPS) is 49.7. The van der Waals surface area contributed by atoms with Gasteiger partial charge in [0.2, 0.25) is 48.0 Å². The number of ether oxygens (including phenoxy) is 10. The second kappa shape index (κ2) is 20.4. The van der Waals surface area contributed by atoms with E-state index in [0.717, 1.165) is 57.8 Å². The molecule has 24 atom stereocenters. The van der Waals surface area contributed by atoms with E-state index in [-0.39, 0.29) is 52.2 Å². The van der Waals surface area contributed by atoms with Gasteiger partial charge in [-0.3, -0.25) is 24.0 Å². The molecule has 0 unspecified atom stereocenters. The molecule has 12 saturated heterocycles. The molecule has 3 spiro atoms. The molecule has 6 bridgehead atoms. The molecule has 79 heavy (non-hydrogen) atoms.